The summed E-state index contributed by atoms with van der Waals surface area (Å²) in [6, 6.07) is 24.9. The Morgan fingerprint density at radius 3 is 1.70 bits per heavy atom. The Kier molecular flexibility index (Phi) is 6.49. The molecule has 4 aromatic rings. The SMILES string of the molecule is [Fe].c1cc(-[c-]2[cH-][cH-][cH-][cH-]2)cc[nH+]1.c1cc[c-](-c2cc[nH+]cc2)c1. The Bertz CT molecular complexity index is 691. The first-order valence-corrected chi connectivity index (χ1v) is 7.30. The Morgan fingerprint density at radius 2 is 1.17 bits per heavy atom. The van der Waals surface area contributed by atoms with Gasteiger partial charge in [-0.15, -0.1) is 17.7 Å². The molecule has 0 saturated carbocycles. The maximum atomic E-state index is 2.99. The van der Waals surface area contributed by atoms with E-state index in [0.29, 0.717) is 0 Å². The van der Waals surface area contributed by atoms with Gasteiger partial charge in [0.15, 0.2) is 0 Å². The second-order valence-electron chi connectivity index (χ2n) is 4.92. The monoisotopic (exact) mass is 342 g/mol. The van der Waals surface area contributed by atoms with Crippen molar-refractivity contribution in [3.8, 4) is 22.3 Å². The van der Waals surface area contributed by atoms with Crippen LogP contribution in [0.1, 0.15) is 0 Å². The number of pyridine rings is 2. The van der Waals surface area contributed by atoms with E-state index in [4.69, 9.17) is 0 Å². The summed E-state index contributed by atoms with van der Waals surface area (Å²) >= 11 is 0. The topological polar surface area (TPSA) is 28.3 Å². The van der Waals surface area contributed by atoms with Crippen LogP contribution in [0, 0.1) is 0 Å². The summed E-state index contributed by atoms with van der Waals surface area (Å²) in [5.41, 5.74) is 5.07. The molecule has 2 nitrogen and oxygen atoms in total. The molecule has 0 radical (unpaired) electrons. The van der Waals surface area contributed by atoms with Crippen LogP contribution in [0.25, 0.3) is 22.3 Å². The van der Waals surface area contributed by atoms with Crippen LogP contribution >= 0.6 is 0 Å². The molecule has 0 aliphatic heterocycles. The average molecular weight is 342 g/mol. The van der Waals surface area contributed by atoms with Gasteiger partial charge >= 0.3 is 0 Å². The van der Waals surface area contributed by atoms with E-state index in [0.717, 1.165) is 0 Å². The van der Waals surface area contributed by atoms with Gasteiger partial charge in [0.1, 0.15) is 12.4 Å². The molecule has 0 bridgehead atoms. The van der Waals surface area contributed by atoms with Crippen LogP contribution < -0.4 is 9.97 Å². The summed E-state index contributed by atoms with van der Waals surface area (Å²) in [4.78, 5) is 5.99. The maximum Gasteiger partial charge on any atom is 0.134 e. The molecule has 0 atom stereocenters. The van der Waals surface area contributed by atoms with Crippen molar-refractivity contribution in [2.75, 3.05) is 0 Å². The maximum absolute atomic E-state index is 2.99. The average Bonchev–Trinajstić information content (AvgIpc) is 3.31. The molecular formula is C20H18FeN2-4. The van der Waals surface area contributed by atoms with E-state index in [2.05, 4.69) is 58.5 Å². The quantitative estimate of drug-likeness (QED) is 0.392. The van der Waals surface area contributed by atoms with Crippen LogP contribution in [0.4, 0.5) is 0 Å². The molecule has 23 heavy (non-hydrogen) atoms. The van der Waals surface area contributed by atoms with Gasteiger partial charge in [0.2, 0.25) is 0 Å². The van der Waals surface area contributed by atoms with Crippen LogP contribution in [0.2, 0.25) is 0 Å². The molecule has 4 rings (SSSR count). The number of aromatic nitrogens is 2. The van der Waals surface area contributed by atoms with Crippen molar-refractivity contribution >= 4 is 0 Å². The molecule has 0 unspecified atom stereocenters. The molecule has 0 spiro atoms. The van der Waals surface area contributed by atoms with Crippen molar-refractivity contribution in [3.05, 3.63) is 97.6 Å². The summed E-state index contributed by atoms with van der Waals surface area (Å²) in [5.74, 6) is 0. The van der Waals surface area contributed by atoms with E-state index in [1.54, 1.807) is 0 Å². The molecule has 120 valence electrons. The number of nitrogens with one attached hydrogen (secondary N) is 2. The summed E-state index contributed by atoms with van der Waals surface area (Å²) in [6.07, 6.45) is 7.73. The third kappa shape index (κ3) is 4.75. The number of rotatable bonds is 2. The molecule has 2 aromatic carbocycles. The van der Waals surface area contributed by atoms with Crippen LogP contribution in [-0.2, 0) is 17.1 Å². The zero-order valence-electron chi connectivity index (χ0n) is 12.6. The van der Waals surface area contributed by atoms with Crippen molar-refractivity contribution in [1.82, 2.24) is 0 Å². The van der Waals surface area contributed by atoms with Crippen LogP contribution in [0.3, 0.4) is 0 Å². The first-order chi connectivity index (χ1) is 10.9. The van der Waals surface area contributed by atoms with Gasteiger partial charge in [0.05, 0.1) is 0 Å². The molecule has 2 N–H and O–H groups in total. The predicted octanol–water partition coefficient (Wildman–Crippen LogP) is 3.77. The number of hydrogen-bond acceptors (Lipinski definition) is 0. The fraction of sp³-hybridized carbons (Fsp3) is 0. The third-order valence-electron chi connectivity index (χ3n) is 3.43. The van der Waals surface area contributed by atoms with E-state index >= 15 is 0 Å². The van der Waals surface area contributed by atoms with Gasteiger partial charge in [0.25, 0.3) is 0 Å². The normalized spacial score (nSPS) is 9.39. The van der Waals surface area contributed by atoms with E-state index in [-0.39, 0.29) is 17.1 Å². The zero-order chi connectivity index (χ0) is 15.0. The molecule has 0 aliphatic carbocycles. The van der Waals surface area contributed by atoms with Crippen LogP contribution in [0.5, 0.6) is 0 Å². The molecule has 0 amide bonds. The van der Waals surface area contributed by atoms with Gasteiger partial charge in [-0.1, -0.05) is 17.7 Å². The van der Waals surface area contributed by atoms with Crippen molar-refractivity contribution < 1.29 is 27.0 Å². The second-order valence-corrected chi connectivity index (χ2v) is 4.92. The molecule has 2 aromatic heterocycles. The second kappa shape index (κ2) is 8.84. The van der Waals surface area contributed by atoms with E-state index in [9.17, 15) is 0 Å². The zero-order valence-corrected chi connectivity index (χ0v) is 13.7. The fourth-order valence-corrected chi connectivity index (χ4v) is 2.29. The fourth-order valence-electron chi connectivity index (χ4n) is 2.29. The van der Waals surface area contributed by atoms with Crippen molar-refractivity contribution in [1.29, 1.82) is 0 Å². The Hall–Kier alpha value is -2.48. The van der Waals surface area contributed by atoms with Gasteiger partial charge in [-0.25, -0.2) is 4.98 Å². The molecular weight excluding hydrogens is 324 g/mol. The molecule has 0 saturated heterocycles. The Morgan fingerprint density at radius 1 is 0.696 bits per heavy atom. The smallest absolute Gasteiger partial charge is 0.134 e. The number of aromatic amines is 2. The van der Waals surface area contributed by atoms with Gasteiger partial charge in [-0.3, -0.25) is 4.98 Å². The summed E-state index contributed by atoms with van der Waals surface area (Å²) in [5, 5.41) is 0. The number of H-pyrrole nitrogens is 2. The molecule has 3 heteroatoms. The summed E-state index contributed by atoms with van der Waals surface area (Å²) < 4.78 is 0. The summed E-state index contributed by atoms with van der Waals surface area (Å²) in [6.45, 7) is 0. The first kappa shape index (κ1) is 16.9. The van der Waals surface area contributed by atoms with E-state index in [1.807, 2.05) is 49.1 Å². The Balaban J connectivity index is 0.000000160. The third-order valence-corrected chi connectivity index (χ3v) is 3.43. The first-order valence-electron chi connectivity index (χ1n) is 7.30. The minimum absolute atomic E-state index is 0. The molecule has 0 fully saturated rings. The van der Waals surface area contributed by atoms with Gasteiger partial charge in [-0.2, -0.15) is 12.1 Å². The standard InChI is InChI=1S/2C10H8N.Fe/c2*1-2-4-9(3-1)10-5-7-11-8-6-10;/h2*1-8H;/q-5;-1;/p+2. The predicted molar refractivity (Wildman–Crippen MR) is 88.1 cm³/mol. The molecule has 0 aliphatic rings. The van der Waals surface area contributed by atoms with Crippen LogP contribution in [0.15, 0.2) is 97.6 Å². The van der Waals surface area contributed by atoms with Gasteiger partial charge in [-0.05, 0) is 0 Å². The molecule has 2 heterocycles. The van der Waals surface area contributed by atoms with Gasteiger partial charge < -0.3 is 47.5 Å². The van der Waals surface area contributed by atoms with E-state index in [1.165, 1.54) is 22.3 Å². The van der Waals surface area contributed by atoms with Gasteiger partial charge in [0, 0.05) is 29.5 Å². The van der Waals surface area contributed by atoms with Crippen LogP contribution in [-0.4, -0.2) is 0 Å². The number of hydrogen-bond donors (Lipinski definition) is 0. The summed E-state index contributed by atoms with van der Waals surface area (Å²) in [7, 11) is 0. The largest absolute Gasteiger partial charge is 0.641 e. The van der Waals surface area contributed by atoms with E-state index < -0.39 is 0 Å². The minimum atomic E-state index is 0. The Labute approximate surface area is 147 Å². The van der Waals surface area contributed by atoms with Crippen molar-refractivity contribution in [3.63, 3.8) is 0 Å². The van der Waals surface area contributed by atoms with Crippen molar-refractivity contribution in [2.45, 2.75) is 0 Å². The minimum Gasteiger partial charge on any atom is -0.641 e. The van der Waals surface area contributed by atoms with Crippen molar-refractivity contribution in [2.24, 2.45) is 0 Å².